The Hall–Kier alpha value is -2.53. The quantitative estimate of drug-likeness (QED) is 0.243. The largest absolute Gasteiger partial charge is 0.748 e. The minimum atomic E-state index is -4.36. The lowest BCUT2D eigenvalue weighted by molar-refractivity contribution is -0.125. The molecule has 1 atom stereocenters. The van der Waals surface area contributed by atoms with Gasteiger partial charge in [0.2, 0.25) is 11.7 Å². The van der Waals surface area contributed by atoms with Gasteiger partial charge in [-0.15, -0.1) is 0 Å². The molecule has 12 heteroatoms. The third kappa shape index (κ3) is 6.05. The van der Waals surface area contributed by atoms with Gasteiger partial charge in [0.05, 0.1) is 41.5 Å². The van der Waals surface area contributed by atoms with Gasteiger partial charge in [-0.2, -0.15) is 0 Å². The van der Waals surface area contributed by atoms with Crippen molar-refractivity contribution in [3.63, 3.8) is 0 Å². The first-order valence-electron chi connectivity index (χ1n) is 11.0. The van der Waals surface area contributed by atoms with E-state index in [1.807, 2.05) is 0 Å². The van der Waals surface area contributed by atoms with Gasteiger partial charge < -0.3 is 18.8 Å². The first-order valence-corrected chi connectivity index (χ1v) is 13.3. The SMILES string of the molecule is COc1cc(C(=O)N2CC(CCCCS(=O)(=O)[O-])(c3ccc(Cl)c(Cl)c3)CC2=O)cc(OC)c1OC. The highest BCUT2D eigenvalue weighted by molar-refractivity contribution is 7.85. The third-order valence-electron chi connectivity index (χ3n) is 6.24. The summed E-state index contributed by atoms with van der Waals surface area (Å²) < 4.78 is 49.1. The predicted octanol–water partition coefficient (Wildman–Crippen LogP) is 4.05. The number of rotatable bonds is 10. The van der Waals surface area contributed by atoms with Crippen molar-refractivity contribution >= 4 is 45.1 Å². The second-order valence-electron chi connectivity index (χ2n) is 8.50. The molecule has 2 amide bonds. The Kier molecular flexibility index (Phi) is 8.76. The molecule has 1 aliphatic rings. The Bertz CT molecular complexity index is 1240. The molecule has 0 aliphatic carbocycles. The molecule has 1 aliphatic heterocycles. The van der Waals surface area contributed by atoms with Gasteiger partial charge >= 0.3 is 0 Å². The van der Waals surface area contributed by atoms with Crippen molar-refractivity contribution in [2.24, 2.45) is 0 Å². The minimum Gasteiger partial charge on any atom is -0.748 e. The van der Waals surface area contributed by atoms with Gasteiger partial charge in [0.25, 0.3) is 5.91 Å². The van der Waals surface area contributed by atoms with Crippen LogP contribution >= 0.6 is 23.2 Å². The molecule has 2 aromatic carbocycles. The van der Waals surface area contributed by atoms with Gasteiger partial charge in [0.15, 0.2) is 11.5 Å². The summed E-state index contributed by atoms with van der Waals surface area (Å²) in [5, 5.41) is 0.625. The molecule has 0 N–H and O–H groups in total. The zero-order valence-corrected chi connectivity index (χ0v) is 22.3. The molecule has 0 bridgehead atoms. The first-order chi connectivity index (χ1) is 16.9. The second-order valence-corrected chi connectivity index (χ2v) is 10.8. The number of hydrogen-bond donors (Lipinski definition) is 0. The minimum absolute atomic E-state index is 0.00868. The van der Waals surface area contributed by atoms with Crippen LogP contribution in [0.15, 0.2) is 30.3 Å². The average Bonchev–Trinajstić information content (AvgIpc) is 3.18. The molecule has 1 saturated heterocycles. The highest BCUT2D eigenvalue weighted by atomic mass is 35.5. The lowest BCUT2D eigenvalue weighted by atomic mass is 9.75. The number of carbonyl (C=O) groups excluding carboxylic acids is 2. The molecule has 0 spiro atoms. The van der Waals surface area contributed by atoms with Crippen LogP contribution in [-0.4, -0.2) is 63.3 Å². The fraction of sp³-hybridized carbons (Fsp3) is 0.417. The van der Waals surface area contributed by atoms with Gasteiger partial charge in [-0.05, 0) is 42.7 Å². The number of nitrogens with zero attached hydrogens (tertiary/aromatic N) is 1. The van der Waals surface area contributed by atoms with Gasteiger partial charge in [0, 0.05) is 29.7 Å². The van der Waals surface area contributed by atoms with Crippen molar-refractivity contribution in [2.45, 2.75) is 31.1 Å². The average molecular weight is 559 g/mol. The number of halogens is 2. The summed E-state index contributed by atoms with van der Waals surface area (Å²) in [7, 11) is -0.0795. The van der Waals surface area contributed by atoms with Gasteiger partial charge in [-0.3, -0.25) is 14.5 Å². The molecule has 9 nitrogen and oxygen atoms in total. The Morgan fingerprint density at radius 2 is 1.67 bits per heavy atom. The first kappa shape index (κ1) is 28.0. The molecule has 196 valence electrons. The van der Waals surface area contributed by atoms with Crippen LogP contribution in [0.2, 0.25) is 10.0 Å². The fourth-order valence-electron chi connectivity index (χ4n) is 4.45. The number of unbranched alkanes of at least 4 members (excludes halogenated alkanes) is 1. The van der Waals surface area contributed by atoms with Crippen LogP contribution in [0, 0.1) is 0 Å². The van der Waals surface area contributed by atoms with E-state index in [1.54, 1.807) is 18.2 Å². The molecule has 1 heterocycles. The van der Waals surface area contributed by atoms with Crippen LogP contribution in [0.5, 0.6) is 17.2 Å². The molecule has 3 rings (SSSR count). The van der Waals surface area contributed by atoms with Crippen LogP contribution in [0.1, 0.15) is 41.6 Å². The number of likely N-dealkylation sites (tertiary alicyclic amines) is 1. The van der Waals surface area contributed by atoms with Crippen LogP contribution in [-0.2, 0) is 20.3 Å². The van der Waals surface area contributed by atoms with Crippen molar-refractivity contribution in [2.75, 3.05) is 33.6 Å². The molecule has 0 aromatic heterocycles. The molecule has 1 unspecified atom stereocenters. The van der Waals surface area contributed by atoms with Crippen molar-refractivity contribution in [1.82, 2.24) is 4.90 Å². The van der Waals surface area contributed by atoms with E-state index in [4.69, 9.17) is 37.4 Å². The molecule has 2 aromatic rings. The summed E-state index contributed by atoms with van der Waals surface area (Å²) in [5.41, 5.74) is 0.0181. The monoisotopic (exact) mass is 558 g/mol. The molecule has 1 fully saturated rings. The maximum atomic E-state index is 13.5. The summed E-state index contributed by atoms with van der Waals surface area (Å²) in [4.78, 5) is 27.8. The zero-order valence-electron chi connectivity index (χ0n) is 20.0. The van der Waals surface area contributed by atoms with E-state index in [9.17, 15) is 22.6 Å². The molecule has 0 saturated carbocycles. The van der Waals surface area contributed by atoms with Crippen LogP contribution in [0.25, 0.3) is 0 Å². The number of ether oxygens (including phenoxy) is 3. The maximum absolute atomic E-state index is 13.5. The predicted molar refractivity (Wildman–Crippen MR) is 133 cm³/mol. The van der Waals surface area contributed by atoms with E-state index < -0.39 is 33.1 Å². The van der Waals surface area contributed by atoms with Gasteiger partial charge in [-0.1, -0.05) is 35.7 Å². The van der Waals surface area contributed by atoms with Gasteiger partial charge in [-0.25, -0.2) is 8.42 Å². The summed E-state index contributed by atoms with van der Waals surface area (Å²) in [6, 6.07) is 7.93. The normalized spacial score (nSPS) is 17.8. The molecule has 36 heavy (non-hydrogen) atoms. The lowest BCUT2D eigenvalue weighted by Gasteiger charge is -2.30. The number of carbonyl (C=O) groups is 2. The zero-order chi connectivity index (χ0) is 26.7. The maximum Gasteiger partial charge on any atom is 0.260 e. The number of benzene rings is 2. The topological polar surface area (TPSA) is 122 Å². The molecule has 0 radical (unpaired) electrons. The van der Waals surface area contributed by atoms with Crippen LogP contribution < -0.4 is 14.2 Å². The highest BCUT2D eigenvalue weighted by Gasteiger charge is 2.46. The van der Waals surface area contributed by atoms with Crippen LogP contribution in [0.4, 0.5) is 0 Å². The summed E-state index contributed by atoms with van der Waals surface area (Å²) >= 11 is 12.3. The third-order valence-corrected chi connectivity index (χ3v) is 7.77. The van der Waals surface area contributed by atoms with E-state index in [-0.39, 0.29) is 41.5 Å². The van der Waals surface area contributed by atoms with Crippen molar-refractivity contribution in [1.29, 1.82) is 0 Å². The summed E-state index contributed by atoms with van der Waals surface area (Å²) in [6.45, 7) is 0.0312. The number of imide groups is 1. The van der Waals surface area contributed by atoms with Crippen molar-refractivity contribution < 1.29 is 36.8 Å². The fourth-order valence-corrected chi connectivity index (χ4v) is 5.31. The standard InChI is InChI=1S/C24H27Cl2NO8S/c1-33-19-10-15(11-20(34-2)22(19)35-3)23(29)27-14-24(13-21(27)28,8-4-5-9-36(30,31)32)16-6-7-17(25)18(26)12-16/h6-7,10-12H,4-5,8-9,13-14H2,1-3H3,(H,30,31,32)/p-1. The van der Waals surface area contributed by atoms with E-state index in [0.717, 1.165) is 4.90 Å². The second kappa shape index (κ2) is 11.2. The Morgan fingerprint density at radius 1 is 1.03 bits per heavy atom. The lowest BCUT2D eigenvalue weighted by Crippen LogP contribution is -2.36. The van der Waals surface area contributed by atoms with Crippen molar-refractivity contribution in [3.8, 4) is 17.2 Å². The molecular weight excluding hydrogens is 533 g/mol. The molecular formula is C24H26Cl2NO8S-. The summed E-state index contributed by atoms with van der Waals surface area (Å²) in [5.74, 6) is -0.628. The van der Waals surface area contributed by atoms with Crippen molar-refractivity contribution in [3.05, 3.63) is 51.5 Å². The Morgan fingerprint density at radius 3 is 2.19 bits per heavy atom. The smallest absolute Gasteiger partial charge is 0.260 e. The highest BCUT2D eigenvalue weighted by Crippen LogP contribution is 2.43. The van der Waals surface area contributed by atoms with Gasteiger partial charge in [0.1, 0.15) is 0 Å². The summed E-state index contributed by atoms with van der Waals surface area (Å²) in [6.07, 6.45) is 0.821. The van der Waals surface area contributed by atoms with E-state index in [1.165, 1.54) is 33.5 Å². The van der Waals surface area contributed by atoms with Crippen LogP contribution in [0.3, 0.4) is 0 Å². The Labute approximate surface area is 220 Å². The van der Waals surface area contributed by atoms with E-state index in [2.05, 4.69) is 0 Å². The number of hydrogen-bond acceptors (Lipinski definition) is 8. The Balaban J connectivity index is 1.96. The van der Waals surface area contributed by atoms with E-state index in [0.29, 0.717) is 29.2 Å². The van der Waals surface area contributed by atoms with E-state index >= 15 is 0 Å². The number of methoxy groups -OCH3 is 3. The number of amides is 2.